The monoisotopic (exact) mass is 742 g/mol. The van der Waals surface area contributed by atoms with Gasteiger partial charge in [0.15, 0.2) is 5.16 Å². The van der Waals surface area contributed by atoms with Gasteiger partial charge in [-0.2, -0.15) is 0 Å². The van der Waals surface area contributed by atoms with Gasteiger partial charge < -0.3 is 25.2 Å². The maximum atomic E-state index is 12.9. The van der Waals surface area contributed by atoms with Crippen molar-refractivity contribution in [2.75, 3.05) is 48.8 Å². The SMILES string of the molecule is CCC(C)(C)c1ccc(OCCCCNC(=O)CSc2nc(Cl)cc(N3CCN(C(=O)Nc4cccc(Cl)c4)C(C)C3)n2)c(C(C)(C)CC)c1. The average Bonchev–Trinajstić information content (AvgIpc) is 3.08. The number of thioether (sulfide) groups is 1. The molecule has 3 aromatic rings. The molecule has 1 unspecified atom stereocenters. The Balaban J connectivity index is 1.21. The Morgan fingerprint density at radius 3 is 2.44 bits per heavy atom. The number of hydrogen-bond acceptors (Lipinski definition) is 7. The van der Waals surface area contributed by atoms with E-state index in [4.69, 9.17) is 27.9 Å². The third-order valence-electron chi connectivity index (χ3n) is 9.69. The highest BCUT2D eigenvalue weighted by Gasteiger charge is 2.29. The van der Waals surface area contributed by atoms with Crippen molar-refractivity contribution < 1.29 is 14.3 Å². The van der Waals surface area contributed by atoms with Gasteiger partial charge in [-0.25, -0.2) is 14.8 Å². The number of carbonyl (C=O) groups is 2. The molecule has 2 heterocycles. The Labute approximate surface area is 312 Å². The molecule has 0 bridgehead atoms. The maximum Gasteiger partial charge on any atom is 0.322 e. The summed E-state index contributed by atoms with van der Waals surface area (Å²) in [5.41, 5.74) is 3.37. The van der Waals surface area contributed by atoms with Crippen molar-refractivity contribution in [3.63, 3.8) is 0 Å². The molecule has 3 amide bonds. The summed E-state index contributed by atoms with van der Waals surface area (Å²) >= 11 is 13.7. The van der Waals surface area contributed by atoms with E-state index in [1.54, 1.807) is 35.2 Å². The minimum Gasteiger partial charge on any atom is -0.493 e. The number of rotatable bonds is 15. The Bertz CT molecular complexity index is 1620. The molecule has 2 aromatic carbocycles. The molecular weight excluding hydrogens is 691 g/mol. The molecule has 1 aliphatic heterocycles. The first-order chi connectivity index (χ1) is 23.7. The number of halogens is 2. The molecule has 0 radical (unpaired) electrons. The zero-order valence-electron chi connectivity index (χ0n) is 30.4. The summed E-state index contributed by atoms with van der Waals surface area (Å²) in [7, 11) is 0. The van der Waals surface area contributed by atoms with Gasteiger partial charge in [-0.1, -0.05) is 94.7 Å². The van der Waals surface area contributed by atoms with Crippen LogP contribution in [-0.4, -0.2) is 71.4 Å². The molecule has 1 aliphatic rings. The second-order valence-corrected chi connectivity index (χ2v) is 15.9. The third kappa shape index (κ3) is 10.9. The predicted octanol–water partition coefficient (Wildman–Crippen LogP) is 8.97. The van der Waals surface area contributed by atoms with Gasteiger partial charge in [0.05, 0.1) is 12.4 Å². The number of aromatic nitrogens is 2. The van der Waals surface area contributed by atoms with Crippen LogP contribution in [0, 0.1) is 0 Å². The summed E-state index contributed by atoms with van der Waals surface area (Å²) in [5, 5.41) is 7.22. The number of amides is 3. The van der Waals surface area contributed by atoms with Crippen LogP contribution < -0.4 is 20.3 Å². The number of urea groups is 1. The van der Waals surface area contributed by atoms with Crippen molar-refractivity contribution in [2.45, 2.75) is 96.2 Å². The second-order valence-electron chi connectivity index (χ2n) is 14.1. The molecule has 50 heavy (non-hydrogen) atoms. The van der Waals surface area contributed by atoms with Crippen LogP contribution in [0.2, 0.25) is 10.2 Å². The quantitative estimate of drug-likeness (QED) is 0.0694. The van der Waals surface area contributed by atoms with Crippen molar-refractivity contribution >= 4 is 58.4 Å². The zero-order chi connectivity index (χ0) is 36.5. The Morgan fingerprint density at radius 1 is 0.980 bits per heavy atom. The number of piperazine rings is 1. The van der Waals surface area contributed by atoms with Crippen LogP contribution in [0.1, 0.15) is 85.3 Å². The molecule has 0 spiro atoms. The molecule has 1 saturated heterocycles. The van der Waals surface area contributed by atoms with Crippen LogP contribution in [0.15, 0.2) is 53.7 Å². The summed E-state index contributed by atoms with van der Waals surface area (Å²) in [6.45, 7) is 18.4. The molecule has 0 saturated carbocycles. The summed E-state index contributed by atoms with van der Waals surface area (Å²) < 4.78 is 6.29. The first-order valence-corrected chi connectivity index (χ1v) is 19.3. The number of unbranched alkanes of at least 4 members (excludes halogenated alkanes) is 1. The van der Waals surface area contributed by atoms with Gasteiger partial charge in [-0.05, 0) is 73.3 Å². The highest BCUT2D eigenvalue weighted by Crippen LogP contribution is 2.38. The smallest absolute Gasteiger partial charge is 0.322 e. The fourth-order valence-corrected chi connectivity index (χ4v) is 6.76. The number of ether oxygens (including phenoxy) is 1. The lowest BCUT2D eigenvalue weighted by Crippen LogP contribution is -2.55. The van der Waals surface area contributed by atoms with Crippen LogP contribution in [0.4, 0.5) is 16.3 Å². The van der Waals surface area contributed by atoms with Crippen molar-refractivity contribution in [1.82, 2.24) is 20.2 Å². The lowest BCUT2D eigenvalue weighted by atomic mass is 9.76. The van der Waals surface area contributed by atoms with Crippen LogP contribution in [0.5, 0.6) is 5.75 Å². The van der Waals surface area contributed by atoms with E-state index in [1.165, 1.54) is 22.9 Å². The number of nitrogens with zero attached hydrogens (tertiary/aromatic N) is 4. The fraction of sp³-hybridized carbons (Fsp3) is 0.526. The van der Waals surface area contributed by atoms with E-state index >= 15 is 0 Å². The zero-order valence-corrected chi connectivity index (χ0v) is 32.8. The molecule has 1 aromatic heterocycles. The molecule has 4 rings (SSSR count). The maximum absolute atomic E-state index is 12.9. The second kappa shape index (κ2) is 17.8. The number of nitrogens with one attached hydrogen (secondary N) is 2. The molecule has 0 aliphatic carbocycles. The summed E-state index contributed by atoms with van der Waals surface area (Å²) in [6.07, 6.45) is 3.73. The van der Waals surface area contributed by atoms with Gasteiger partial charge in [-0.15, -0.1) is 0 Å². The molecule has 2 N–H and O–H groups in total. The minimum absolute atomic E-state index is 0.0123. The van der Waals surface area contributed by atoms with E-state index in [2.05, 4.69) is 85.2 Å². The molecule has 12 heteroatoms. The van der Waals surface area contributed by atoms with Crippen LogP contribution in [0.25, 0.3) is 0 Å². The molecular formula is C38H52Cl2N6O3S. The average molecular weight is 744 g/mol. The number of carbonyl (C=O) groups excluding carboxylic acids is 2. The molecule has 272 valence electrons. The van der Waals surface area contributed by atoms with Crippen molar-refractivity contribution in [3.05, 3.63) is 69.8 Å². The highest BCUT2D eigenvalue weighted by molar-refractivity contribution is 7.99. The Kier molecular flexibility index (Phi) is 14.1. The normalized spacial score (nSPS) is 15.2. The van der Waals surface area contributed by atoms with Gasteiger partial charge in [0.2, 0.25) is 5.91 Å². The summed E-state index contributed by atoms with van der Waals surface area (Å²) in [5.74, 6) is 1.71. The Hall–Kier alpha value is -3.21. The van der Waals surface area contributed by atoms with E-state index in [0.717, 1.165) is 31.4 Å². The minimum atomic E-state index is -0.179. The van der Waals surface area contributed by atoms with Gasteiger partial charge in [0.25, 0.3) is 0 Å². The number of benzene rings is 2. The van der Waals surface area contributed by atoms with Gasteiger partial charge >= 0.3 is 6.03 Å². The van der Waals surface area contributed by atoms with E-state index in [-0.39, 0.29) is 34.6 Å². The highest BCUT2D eigenvalue weighted by atomic mass is 35.5. The summed E-state index contributed by atoms with van der Waals surface area (Å²) in [6, 6.07) is 15.2. The lowest BCUT2D eigenvalue weighted by Gasteiger charge is -2.40. The van der Waals surface area contributed by atoms with E-state index < -0.39 is 0 Å². The van der Waals surface area contributed by atoms with Gasteiger partial charge in [0.1, 0.15) is 16.7 Å². The molecule has 1 fully saturated rings. The van der Waals surface area contributed by atoms with Crippen LogP contribution >= 0.6 is 35.0 Å². The summed E-state index contributed by atoms with van der Waals surface area (Å²) in [4.78, 5) is 38.5. The lowest BCUT2D eigenvalue weighted by molar-refractivity contribution is -0.118. The van der Waals surface area contributed by atoms with Crippen molar-refractivity contribution in [1.29, 1.82) is 0 Å². The van der Waals surface area contributed by atoms with Gasteiger partial charge in [0, 0.05) is 54.6 Å². The number of anilines is 2. The van der Waals surface area contributed by atoms with E-state index in [1.807, 2.05) is 6.92 Å². The van der Waals surface area contributed by atoms with Crippen LogP contribution in [0.3, 0.4) is 0 Å². The van der Waals surface area contributed by atoms with Gasteiger partial charge in [-0.3, -0.25) is 4.79 Å². The molecule has 1 atom stereocenters. The first-order valence-electron chi connectivity index (χ1n) is 17.5. The van der Waals surface area contributed by atoms with Crippen molar-refractivity contribution in [2.24, 2.45) is 0 Å². The number of hydrogen-bond donors (Lipinski definition) is 2. The molecule has 9 nitrogen and oxygen atoms in total. The predicted molar refractivity (Wildman–Crippen MR) is 207 cm³/mol. The van der Waals surface area contributed by atoms with E-state index in [9.17, 15) is 9.59 Å². The van der Waals surface area contributed by atoms with Crippen LogP contribution in [-0.2, 0) is 15.6 Å². The Morgan fingerprint density at radius 2 is 1.74 bits per heavy atom. The first kappa shape index (κ1) is 39.6. The third-order valence-corrected chi connectivity index (χ3v) is 11.0. The standard InChI is InChI=1S/C38H52Cl2N6O3S/c1-8-37(4,5)27-15-16-31(30(21-27)38(6,7)9-2)49-20-11-10-17-41-34(47)25-50-35-43-32(40)23-33(44-35)45-18-19-46(26(3)24-45)36(48)42-29-14-12-13-28(39)22-29/h12-16,21-23,26H,8-11,17-20,24-25H2,1-7H3,(H,41,47)(H,42,48). The van der Waals surface area contributed by atoms with E-state index in [0.29, 0.717) is 59.6 Å². The van der Waals surface area contributed by atoms with Crippen molar-refractivity contribution in [3.8, 4) is 5.75 Å². The fourth-order valence-electron chi connectivity index (χ4n) is 5.66. The largest absolute Gasteiger partial charge is 0.493 e. The topological polar surface area (TPSA) is 99.7 Å².